The van der Waals surface area contributed by atoms with Crippen LogP contribution in [0.1, 0.15) is 12.8 Å². The Kier molecular flexibility index (Phi) is 3.66. The molecular formula is C11H15NO4S. The molecule has 1 aliphatic rings. The third-order valence-corrected chi connectivity index (χ3v) is 3.55. The normalized spacial score (nSPS) is 17.9. The molecule has 2 N–H and O–H groups in total. The van der Waals surface area contributed by atoms with Crippen molar-refractivity contribution in [3.05, 3.63) is 24.3 Å². The highest BCUT2D eigenvalue weighted by atomic mass is 32.2. The molecule has 5 nitrogen and oxygen atoms in total. The van der Waals surface area contributed by atoms with Crippen LogP contribution >= 0.6 is 0 Å². The Hall–Kier alpha value is -1.11. The van der Waals surface area contributed by atoms with E-state index in [-0.39, 0.29) is 11.0 Å². The van der Waals surface area contributed by atoms with E-state index in [9.17, 15) is 8.42 Å². The average molecular weight is 257 g/mol. The maximum Gasteiger partial charge on any atom is 0.238 e. The lowest BCUT2D eigenvalue weighted by atomic mass is 10.1. The topological polar surface area (TPSA) is 78.6 Å². The Labute approximate surface area is 101 Å². The molecule has 0 aromatic heterocycles. The molecule has 0 amide bonds. The zero-order valence-corrected chi connectivity index (χ0v) is 10.2. The van der Waals surface area contributed by atoms with Gasteiger partial charge in [-0.3, -0.25) is 0 Å². The molecule has 0 bridgehead atoms. The lowest BCUT2D eigenvalue weighted by molar-refractivity contribution is 0.0255. The van der Waals surface area contributed by atoms with Crippen molar-refractivity contribution in [2.24, 2.45) is 5.14 Å². The first-order valence-corrected chi connectivity index (χ1v) is 6.97. The van der Waals surface area contributed by atoms with Gasteiger partial charge < -0.3 is 9.47 Å². The van der Waals surface area contributed by atoms with Gasteiger partial charge in [0.15, 0.2) is 0 Å². The predicted octanol–water partition coefficient (Wildman–Crippen LogP) is 0.892. The van der Waals surface area contributed by atoms with E-state index < -0.39 is 10.0 Å². The Morgan fingerprint density at radius 1 is 1.18 bits per heavy atom. The highest BCUT2D eigenvalue weighted by Crippen LogP contribution is 2.19. The Bertz CT molecular complexity index is 463. The highest BCUT2D eigenvalue weighted by Gasteiger charge is 2.15. The Balaban J connectivity index is 2.03. The van der Waals surface area contributed by atoms with Gasteiger partial charge in [-0.05, 0) is 24.3 Å². The fraction of sp³-hybridized carbons (Fsp3) is 0.455. The molecule has 1 fully saturated rings. The number of rotatable bonds is 3. The second kappa shape index (κ2) is 5.03. The van der Waals surface area contributed by atoms with Gasteiger partial charge in [0, 0.05) is 12.8 Å². The first-order chi connectivity index (χ1) is 8.05. The summed E-state index contributed by atoms with van der Waals surface area (Å²) in [5, 5.41) is 5.01. The van der Waals surface area contributed by atoms with Gasteiger partial charge in [-0.15, -0.1) is 0 Å². The number of hydrogen-bond acceptors (Lipinski definition) is 4. The average Bonchev–Trinajstić information content (AvgIpc) is 2.30. The minimum absolute atomic E-state index is 0.0943. The van der Waals surface area contributed by atoms with Crippen molar-refractivity contribution >= 4 is 10.0 Å². The molecular weight excluding hydrogens is 242 g/mol. The lowest BCUT2D eigenvalue weighted by Gasteiger charge is -2.23. The number of ether oxygens (including phenoxy) is 2. The summed E-state index contributed by atoms with van der Waals surface area (Å²) in [6.07, 6.45) is 1.86. The van der Waals surface area contributed by atoms with Gasteiger partial charge >= 0.3 is 0 Å². The van der Waals surface area contributed by atoms with E-state index in [4.69, 9.17) is 14.6 Å². The minimum Gasteiger partial charge on any atom is -0.490 e. The molecule has 2 rings (SSSR count). The molecule has 0 aliphatic carbocycles. The van der Waals surface area contributed by atoms with Crippen LogP contribution in [0.2, 0.25) is 0 Å². The number of primary sulfonamides is 1. The summed E-state index contributed by atoms with van der Waals surface area (Å²) in [6, 6.07) is 6.14. The molecule has 0 unspecified atom stereocenters. The number of nitrogens with two attached hydrogens (primary N) is 1. The first kappa shape index (κ1) is 12.3. The molecule has 0 saturated carbocycles. The van der Waals surface area contributed by atoms with Crippen LogP contribution in [-0.4, -0.2) is 27.7 Å². The number of sulfonamides is 1. The van der Waals surface area contributed by atoms with Gasteiger partial charge in [-0.1, -0.05) is 0 Å². The van der Waals surface area contributed by atoms with Crippen molar-refractivity contribution in [2.45, 2.75) is 23.8 Å². The van der Waals surface area contributed by atoms with Crippen molar-refractivity contribution in [1.82, 2.24) is 0 Å². The van der Waals surface area contributed by atoms with Crippen molar-refractivity contribution in [3.8, 4) is 5.75 Å². The van der Waals surface area contributed by atoms with Crippen LogP contribution in [-0.2, 0) is 14.8 Å². The molecule has 1 aromatic carbocycles. The lowest BCUT2D eigenvalue weighted by Crippen LogP contribution is -2.25. The second-order valence-corrected chi connectivity index (χ2v) is 5.51. The van der Waals surface area contributed by atoms with Crippen LogP contribution in [0.25, 0.3) is 0 Å². The first-order valence-electron chi connectivity index (χ1n) is 5.43. The molecule has 94 valence electrons. The van der Waals surface area contributed by atoms with Gasteiger partial charge in [0.25, 0.3) is 0 Å². The molecule has 1 saturated heterocycles. The molecule has 0 radical (unpaired) electrons. The van der Waals surface area contributed by atoms with Gasteiger partial charge in [-0.25, -0.2) is 13.6 Å². The Morgan fingerprint density at radius 3 is 2.29 bits per heavy atom. The molecule has 1 heterocycles. The van der Waals surface area contributed by atoms with E-state index in [0.29, 0.717) is 19.0 Å². The van der Waals surface area contributed by atoms with Crippen LogP contribution in [0.15, 0.2) is 29.2 Å². The standard InChI is InChI=1S/C11H15NO4S/c12-17(13,14)11-3-1-9(2-4-11)16-10-5-7-15-8-6-10/h1-4,10H,5-8H2,(H2,12,13,14). The quantitative estimate of drug-likeness (QED) is 0.872. The van der Waals surface area contributed by atoms with Crippen LogP contribution in [0, 0.1) is 0 Å². The summed E-state index contributed by atoms with van der Waals surface area (Å²) in [5.74, 6) is 0.657. The highest BCUT2D eigenvalue weighted by molar-refractivity contribution is 7.89. The van der Waals surface area contributed by atoms with Crippen LogP contribution < -0.4 is 9.88 Å². The summed E-state index contributed by atoms with van der Waals surface area (Å²) < 4.78 is 33.0. The van der Waals surface area contributed by atoms with E-state index in [1.54, 1.807) is 12.1 Å². The van der Waals surface area contributed by atoms with Gasteiger partial charge in [0.1, 0.15) is 11.9 Å². The monoisotopic (exact) mass is 257 g/mol. The van der Waals surface area contributed by atoms with Gasteiger partial charge in [0.05, 0.1) is 18.1 Å². The third-order valence-electron chi connectivity index (χ3n) is 2.62. The SMILES string of the molecule is NS(=O)(=O)c1ccc(OC2CCOCC2)cc1. The van der Waals surface area contributed by atoms with Crippen molar-refractivity contribution in [3.63, 3.8) is 0 Å². The summed E-state index contributed by atoms with van der Waals surface area (Å²) in [6.45, 7) is 1.42. The summed E-state index contributed by atoms with van der Waals surface area (Å²) in [7, 11) is -3.63. The van der Waals surface area contributed by atoms with Crippen molar-refractivity contribution < 1.29 is 17.9 Å². The molecule has 17 heavy (non-hydrogen) atoms. The van der Waals surface area contributed by atoms with E-state index in [1.807, 2.05) is 0 Å². The molecule has 1 aromatic rings. The summed E-state index contributed by atoms with van der Waals surface area (Å²) >= 11 is 0. The Morgan fingerprint density at radius 2 is 1.76 bits per heavy atom. The number of benzene rings is 1. The molecule has 1 aliphatic heterocycles. The third kappa shape index (κ3) is 3.42. The van der Waals surface area contributed by atoms with E-state index in [1.165, 1.54) is 12.1 Å². The maximum atomic E-state index is 11.1. The zero-order valence-electron chi connectivity index (χ0n) is 9.33. The molecule has 0 atom stereocenters. The smallest absolute Gasteiger partial charge is 0.238 e. The van der Waals surface area contributed by atoms with E-state index in [0.717, 1.165) is 12.8 Å². The summed E-state index contributed by atoms with van der Waals surface area (Å²) in [4.78, 5) is 0.0943. The zero-order chi connectivity index (χ0) is 12.3. The number of hydrogen-bond donors (Lipinski definition) is 1. The van der Waals surface area contributed by atoms with Crippen LogP contribution in [0.4, 0.5) is 0 Å². The fourth-order valence-corrected chi connectivity index (χ4v) is 2.21. The fourth-order valence-electron chi connectivity index (χ4n) is 1.69. The molecule has 6 heteroatoms. The summed E-state index contributed by atoms with van der Waals surface area (Å²) in [5.41, 5.74) is 0. The van der Waals surface area contributed by atoms with Gasteiger partial charge in [-0.2, -0.15) is 0 Å². The van der Waals surface area contributed by atoms with Gasteiger partial charge in [0.2, 0.25) is 10.0 Å². The second-order valence-electron chi connectivity index (χ2n) is 3.95. The predicted molar refractivity (Wildman–Crippen MR) is 62.3 cm³/mol. The largest absolute Gasteiger partial charge is 0.490 e. The van der Waals surface area contributed by atoms with Crippen LogP contribution in [0.3, 0.4) is 0 Å². The minimum atomic E-state index is -3.63. The van der Waals surface area contributed by atoms with E-state index in [2.05, 4.69) is 0 Å². The maximum absolute atomic E-state index is 11.1. The van der Waals surface area contributed by atoms with Crippen molar-refractivity contribution in [2.75, 3.05) is 13.2 Å². The van der Waals surface area contributed by atoms with Crippen molar-refractivity contribution in [1.29, 1.82) is 0 Å². The molecule has 0 spiro atoms. The van der Waals surface area contributed by atoms with E-state index >= 15 is 0 Å². The van der Waals surface area contributed by atoms with Crippen LogP contribution in [0.5, 0.6) is 5.75 Å².